The predicted molar refractivity (Wildman–Crippen MR) is 66.6 cm³/mol. The first-order chi connectivity index (χ1) is 8.28. The van der Waals surface area contributed by atoms with Crippen LogP contribution in [0.1, 0.15) is 24.5 Å². The van der Waals surface area contributed by atoms with Crippen molar-refractivity contribution in [3.05, 3.63) is 35.4 Å². The Morgan fingerprint density at radius 2 is 1.94 bits per heavy atom. The van der Waals surface area contributed by atoms with Crippen LogP contribution in [0.5, 0.6) is 0 Å². The van der Waals surface area contributed by atoms with E-state index in [4.69, 9.17) is 0 Å². The van der Waals surface area contributed by atoms with E-state index in [0.717, 1.165) is 17.7 Å². The Bertz CT molecular complexity index is 415. The van der Waals surface area contributed by atoms with E-state index in [1.807, 2.05) is 0 Å². The van der Waals surface area contributed by atoms with Crippen LogP contribution in [-0.4, -0.2) is 21.7 Å². The number of aliphatic hydroxyl groups is 1. The Morgan fingerprint density at radius 1 is 1.33 bits per heavy atom. The average Bonchev–Trinajstić information content (AvgIpc) is 2.58. The van der Waals surface area contributed by atoms with Crippen LogP contribution >= 0.6 is 11.8 Å². The van der Waals surface area contributed by atoms with E-state index in [9.17, 15) is 18.3 Å². The second-order valence-corrected chi connectivity index (χ2v) is 6.35. The van der Waals surface area contributed by atoms with Crippen LogP contribution in [0, 0.1) is 0 Å². The van der Waals surface area contributed by atoms with Gasteiger partial charge in [-0.3, -0.25) is 0 Å². The molecule has 1 aliphatic rings. The minimum absolute atomic E-state index is 0.407. The number of benzene rings is 1. The summed E-state index contributed by atoms with van der Waals surface area (Å²) < 4.78 is 37.2. The molecule has 0 aromatic heterocycles. The highest BCUT2D eigenvalue weighted by molar-refractivity contribution is 8.00. The smallest absolute Gasteiger partial charge is 0.389 e. The molecule has 1 nitrogen and oxygen atoms in total. The van der Waals surface area contributed by atoms with Crippen molar-refractivity contribution in [3.63, 3.8) is 0 Å². The maximum atomic E-state index is 12.4. The Kier molecular flexibility index (Phi) is 3.65. The lowest BCUT2D eigenvalue weighted by Gasteiger charge is -2.21. The van der Waals surface area contributed by atoms with Gasteiger partial charge in [0.05, 0.1) is 11.2 Å². The number of thioether (sulfide) groups is 1. The highest BCUT2D eigenvalue weighted by Crippen LogP contribution is 2.37. The van der Waals surface area contributed by atoms with Crippen LogP contribution in [0.15, 0.2) is 24.3 Å². The molecule has 1 heterocycles. The number of hydrogen-bond donors (Lipinski definition) is 1. The third-order valence-electron chi connectivity index (χ3n) is 3.12. The third kappa shape index (κ3) is 3.20. The summed E-state index contributed by atoms with van der Waals surface area (Å²) in [7, 11) is 0. The first-order valence-electron chi connectivity index (χ1n) is 5.79. The van der Waals surface area contributed by atoms with Gasteiger partial charge < -0.3 is 5.11 Å². The maximum Gasteiger partial charge on any atom is 0.416 e. The Hall–Kier alpha value is -0.680. The molecule has 0 amide bonds. The van der Waals surface area contributed by atoms with E-state index in [-0.39, 0.29) is 0 Å². The average molecular weight is 276 g/mol. The fourth-order valence-electron chi connectivity index (χ4n) is 2.27. The van der Waals surface area contributed by atoms with E-state index >= 15 is 0 Å². The van der Waals surface area contributed by atoms with Crippen molar-refractivity contribution in [2.45, 2.75) is 36.8 Å². The van der Waals surface area contributed by atoms with E-state index in [1.165, 1.54) is 12.1 Å². The topological polar surface area (TPSA) is 20.2 Å². The van der Waals surface area contributed by atoms with Gasteiger partial charge in [0, 0.05) is 17.4 Å². The Balaban J connectivity index is 2.07. The van der Waals surface area contributed by atoms with Crippen molar-refractivity contribution in [2.75, 3.05) is 5.75 Å². The van der Waals surface area contributed by atoms with Crippen LogP contribution in [0.2, 0.25) is 0 Å². The number of alkyl halides is 3. The van der Waals surface area contributed by atoms with E-state index in [0.29, 0.717) is 23.8 Å². The molecule has 2 rings (SSSR count). The zero-order valence-electron chi connectivity index (χ0n) is 10.00. The standard InChI is InChI=1S/C13H15F3OS/c1-9-6-12(17,8-18-9)7-10-2-4-11(5-3-10)13(14,15)16/h2-5,9,17H,6-8H2,1H3. The van der Waals surface area contributed by atoms with Gasteiger partial charge in [-0.25, -0.2) is 0 Å². The molecule has 2 unspecified atom stereocenters. The van der Waals surface area contributed by atoms with Gasteiger partial charge in [0.25, 0.3) is 0 Å². The number of hydrogen-bond acceptors (Lipinski definition) is 2. The van der Waals surface area contributed by atoms with Crippen molar-refractivity contribution in [1.82, 2.24) is 0 Å². The predicted octanol–water partition coefficient (Wildman–Crippen LogP) is 3.50. The van der Waals surface area contributed by atoms with Gasteiger partial charge in [-0.2, -0.15) is 24.9 Å². The van der Waals surface area contributed by atoms with Gasteiger partial charge >= 0.3 is 6.18 Å². The quantitative estimate of drug-likeness (QED) is 0.892. The summed E-state index contributed by atoms with van der Waals surface area (Å²) in [5.41, 5.74) is -0.670. The largest absolute Gasteiger partial charge is 0.416 e. The van der Waals surface area contributed by atoms with E-state index in [2.05, 4.69) is 6.92 Å². The molecule has 1 fully saturated rings. The van der Waals surface area contributed by atoms with Gasteiger partial charge in [0.2, 0.25) is 0 Å². The van der Waals surface area contributed by atoms with Gasteiger partial charge in [-0.1, -0.05) is 19.1 Å². The van der Waals surface area contributed by atoms with Crippen molar-refractivity contribution >= 4 is 11.8 Å². The van der Waals surface area contributed by atoms with Crippen LogP contribution in [0.25, 0.3) is 0 Å². The molecule has 1 N–H and O–H groups in total. The zero-order chi connectivity index (χ0) is 13.4. The lowest BCUT2D eigenvalue weighted by atomic mass is 9.92. The van der Waals surface area contributed by atoms with E-state index in [1.54, 1.807) is 11.8 Å². The molecule has 0 aliphatic carbocycles. The van der Waals surface area contributed by atoms with Crippen molar-refractivity contribution in [1.29, 1.82) is 0 Å². The molecular weight excluding hydrogens is 261 g/mol. The van der Waals surface area contributed by atoms with Crippen LogP contribution < -0.4 is 0 Å². The van der Waals surface area contributed by atoms with Crippen LogP contribution in [-0.2, 0) is 12.6 Å². The first-order valence-corrected chi connectivity index (χ1v) is 6.83. The molecule has 0 radical (unpaired) electrons. The highest BCUT2D eigenvalue weighted by atomic mass is 32.2. The Morgan fingerprint density at radius 3 is 2.39 bits per heavy atom. The summed E-state index contributed by atoms with van der Waals surface area (Å²) in [5.74, 6) is 0.648. The monoisotopic (exact) mass is 276 g/mol. The van der Waals surface area contributed by atoms with Crippen LogP contribution in [0.3, 0.4) is 0 Å². The molecule has 1 aromatic rings. The first kappa shape index (κ1) is 13.7. The molecule has 2 atom stereocenters. The maximum absolute atomic E-state index is 12.4. The summed E-state index contributed by atoms with van der Waals surface area (Å²) in [6.07, 6.45) is -3.19. The molecule has 5 heteroatoms. The summed E-state index contributed by atoms with van der Waals surface area (Å²) >= 11 is 1.70. The molecule has 1 aromatic carbocycles. The minimum Gasteiger partial charge on any atom is -0.389 e. The number of halogens is 3. The van der Waals surface area contributed by atoms with Gasteiger partial charge in [-0.15, -0.1) is 0 Å². The molecule has 1 saturated heterocycles. The summed E-state index contributed by atoms with van der Waals surface area (Å²) in [5, 5.41) is 10.7. The van der Waals surface area contributed by atoms with E-state index < -0.39 is 17.3 Å². The second-order valence-electron chi connectivity index (χ2n) is 4.92. The highest BCUT2D eigenvalue weighted by Gasteiger charge is 2.36. The summed E-state index contributed by atoms with van der Waals surface area (Å²) in [6.45, 7) is 2.05. The fourth-order valence-corrected chi connectivity index (χ4v) is 3.51. The Labute approximate surface area is 108 Å². The normalized spacial score (nSPS) is 28.6. The SMILES string of the molecule is CC1CC(O)(Cc2ccc(C(F)(F)F)cc2)CS1. The van der Waals surface area contributed by atoms with Crippen molar-refractivity contribution in [2.24, 2.45) is 0 Å². The third-order valence-corrected chi connectivity index (χ3v) is 4.56. The molecule has 0 saturated carbocycles. The zero-order valence-corrected chi connectivity index (χ0v) is 10.8. The molecular formula is C13H15F3OS. The fraction of sp³-hybridized carbons (Fsp3) is 0.538. The van der Waals surface area contributed by atoms with Crippen molar-refractivity contribution in [3.8, 4) is 0 Å². The van der Waals surface area contributed by atoms with Gasteiger partial charge in [0.1, 0.15) is 0 Å². The minimum atomic E-state index is -4.30. The van der Waals surface area contributed by atoms with Crippen LogP contribution in [0.4, 0.5) is 13.2 Å². The lowest BCUT2D eigenvalue weighted by Crippen LogP contribution is -2.31. The summed E-state index contributed by atoms with van der Waals surface area (Å²) in [4.78, 5) is 0. The van der Waals surface area contributed by atoms with Gasteiger partial charge in [-0.05, 0) is 24.1 Å². The molecule has 18 heavy (non-hydrogen) atoms. The number of rotatable bonds is 2. The second kappa shape index (κ2) is 4.78. The molecule has 1 aliphatic heterocycles. The van der Waals surface area contributed by atoms with Gasteiger partial charge in [0.15, 0.2) is 0 Å². The molecule has 0 bridgehead atoms. The molecule has 0 spiro atoms. The lowest BCUT2D eigenvalue weighted by molar-refractivity contribution is -0.137. The van der Waals surface area contributed by atoms with Crippen molar-refractivity contribution < 1.29 is 18.3 Å². The molecule has 100 valence electrons. The summed E-state index contributed by atoms with van der Waals surface area (Å²) in [6, 6.07) is 5.05.